The van der Waals surface area contributed by atoms with Crippen LogP contribution in [0.1, 0.15) is 25.7 Å². The molecule has 0 atom stereocenters. The summed E-state index contributed by atoms with van der Waals surface area (Å²) >= 11 is 0. The fourth-order valence-corrected chi connectivity index (χ4v) is 2.40. The number of sulfonamides is 1. The van der Waals surface area contributed by atoms with Crippen molar-refractivity contribution in [1.29, 1.82) is 0 Å². The molecule has 0 spiro atoms. The number of rotatable bonds is 5. The Hall–Kier alpha value is -2.34. The van der Waals surface area contributed by atoms with Crippen molar-refractivity contribution in [3.05, 3.63) is 28.5 Å². The van der Waals surface area contributed by atoms with Gasteiger partial charge in [0.1, 0.15) is 12.9 Å². The average Bonchev–Trinajstić information content (AvgIpc) is 2.94. The number of aromatic nitrogens is 5. The third-order valence-electron chi connectivity index (χ3n) is 2.63. The molecule has 12 heteroatoms. The number of nitrogens with zero attached hydrogens (tertiary/aromatic N) is 6. The van der Waals surface area contributed by atoms with Crippen LogP contribution < -0.4 is 5.14 Å². The normalized spacial score (nSPS) is 12.0. The summed E-state index contributed by atoms with van der Waals surface area (Å²) in [5.41, 5.74) is 0. The third kappa shape index (κ3) is 3.05. The van der Waals surface area contributed by atoms with Crippen LogP contribution in [0.15, 0.2) is 17.4 Å². The highest BCUT2D eigenvalue weighted by atomic mass is 32.2. The Balaban J connectivity index is 2.42. The van der Waals surface area contributed by atoms with Crippen molar-refractivity contribution < 1.29 is 13.3 Å². The lowest BCUT2D eigenvalue weighted by molar-refractivity contribution is -0.392. The maximum Gasteiger partial charge on any atom is 0.410 e. The SMILES string of the molecule is CC(C)n1ncnc1Cn1cc(S(N)(=O)=O)c([N+](=O)[O-])n1. The summed E-state index contributed by atoms with van der Waals surface area (Å²) in [4.78, 5) is 13.3. The van der Waals surface area contributed by atoms with Crippen LogP contribution in [0, 0.1) is 10.1 Å². The summed E-state index contributed by atoms with van der Waals surface area (Å²) in [7, 11) is -4.23. The van der Waals surface area contributed by atoms with Crippen LogP contribution in [0.5, 0.6) is 0 Å². The van der Waals surface area contributed by atoms with Crippen LogP contribution in [-0.4, -0.2) is 37.9 Å². The number of primary sulfonamides is 1. The summed E-state index contributed by atoms with van der Waals surface area (Å²) in [5, 5.41) is 23.4. The first-order valence-corrected chi connectivity index (χ1v) is 7.38. The van der Waals surface area contributed by atoms with Gasteiger partial charge < -0.3 is 10.1 Å². The Morgan fingerprint density at radius 3 is 2.62 bits per heavy atom. The predicted octanol–water partition coefficient (Wildman–Crippen LogP) is -0.341. The molecule has 0 saturated heterocycles. The Labute approximate surface area is 119 Å². The van der Waals surface area contributed by atoms with Crippen molar-refractivity contribution in [2.24, 2.45) is 5.14 Å². The quantitative estimate of drug-likeness (QED) is 0.585. The molecule has 0 unspecified atom stereocenters. The minimum atomic E-state index is -4.23. The minimum absolute atomic E-state index is 0.0331. The molecule has 2 rings (SSSR count). The Bertz CT molecular complexity index is 776. The number of nitrogens with two attached hydrogens (primary N) is 1. The predicted molar refractivity (Wildman–Crippen MR) is 69.8 cm³/mol. The van der Waals surface area contributed by atoms with Gasteiger partial charge in [-0.1, -0.05) is 0 Å². The maximum atomic E-state index is 11.3. The molecular formula is C9H13N7O4S. The first kappa shape index (κ1) is 15.1. The molecule has 0 aliphatic carbocycles. The lowest BCUT2D eigenvalue weighted by Gasteiger charge is -2.07. The van der Waals surface area contributed by atoms with Gasteiger partial charge in [-0.25, -0.2) is 23.2 Å². The second-order valence-electron chi connectivity index (χ2n) is 4.53. The Morgan fingerprint density at radius 2 is 2.14 bits per heavy atom. The van der Waals surface area contributed by atoms with Crippen LogP contribution in [0.4, 0.5) is 5.82 Å². The number of hydrogen-bond acceptors (Lipinski definition) is 7. The molecule has 0 radical (unpaired) electrons. The molecule has 2 N–H and O–H groups in total. The van der Waals surface area contributed by atoms with Gasteiger partial charge in [-0.15, -0.1) is 0 Å². The standard InChI is InChI=1S/C9H13N7O4S/c1-6(2)15-8(11-5-12-15)4-14-3-7(21(10,19)20)9(13-14)16(17)18/h3,5-6H,4H2,1-2H3,(H2,10,19,20). The molecule has 11 nitrogen and oxygen atoms in total. The fraction of sp³-hybridized carbons (Fsp3) is 0.444. The molecule has 114 valence electrons. The van der Waals surface area contributed by atoms with Gasteiger partial charge >= 0.3 is 5.82 Å². The van der Waals surface area contributed by atoms with Gasteiger partial charge in [-0.05, 0) is 18.8 Å². The molecule has 2 heterocycles. The topological polar surface area (TPSA) is 152 Å². The second-order valence-corrected chi connectivity index (χ2v) is 6.06. The summed E-state index contributed by atoms with van der Waals surface area (Å²) in [6, 6.07) is 0.0331. The van der Waals surface area contributed by atoms with Crippen molar-refractivity contribution in [1.82, 2.24) is 24.5 Å². The van der Waals surface area contributed by atoms with Gasteiger partial charge in [0.15, 0.2) is 5.82 Å². The monoisotopic (exact) mass is 315 g/mol. The van der Waals surface area contributed by atoms with Crippen molar-refractivity contribution in [2.45, 2.75) is 31.3 Å². The summed E-state index contributed by atoms with van der Waals surface area (Å²) < 4.78 is 25.4. The van der Waals surface area contributed by atoms with Crippen LogP contribution in [0.3, 0.4) is 0 Å². The highest BCUT2D eigenvalue weighted by Crippen LogP contribution is 2.20. The van der Waals surface area contributed by atoms with Crippen molar-refractivity contribution in [3.8, 4) is 0 Å². The van der Waals surface area contributed by atoms with Crippen LogP contribution >= 0.6 is 0 Å². The van der Waals surface area contributed by atoms with E-state index in [9.17, 15) is 18.5 Å². The second kappa shape index (κ2) is 5.21. The summed E-state index contributed by atoms with van der Waals surface area (Å²) in [6.07, 6.45) is 2.35. The van der Waals surface area contributed by atoms with E-state index >= 15 is 0 Å². The molecule has 0 aromatic carbocycles. The van der Waals surface area contributed by atoms with Crippen LogP contribution in [0.2, 0.25) is 0 Å². The first-order valence-electron chi connectivity index (χ1n) is 5.83. The van der Waals surface area contributed by atoms with E-state index in [0.717, 1.165) is 10.9 Å². The largest absolute Gasteiger partial charge is 0.410 e. The first-order chi connectivity index (χ1) is 9.70. The van der Waals surface area contributed by atoms with Crippen molar-refractivity contribution >= 4 is 15.8 Å². The van der Waals surface area contributed by atoms with Gasteiger partial charge in [-0.3, -0.25) is 0 Å². The molecule has 0 amide bonds. The summed E-state index contributed by atoms with van der Waals surface area (Å²) in [6.45, 7) is 3.81. The van der Waals surface area contributed by atoms with E-state index in [1.54, 1.807) is 4.68 Å². The van der Waals surface area contributed by atoms with E-state index < -0.39 is 25.7 Å². The smallest absolute Gasteiger partial charge is 0.358 e. The van der Waals surface area contributed by atoms with Gasteiger partial charge in [0.05, 0.1) is 11.3 Å². The highest BCUT2D eigenvalue weighted by molar-refractivity contribution is 7.89. The molecule has 2 aromatic rings. The zero-order chi connectivity index (χ0) is 15.8. The molecule has 0 aliphatic heterocycles. The van der Waals surface area contributed by atoms with E-state index in [-0.39, 0.29) is 12.6 Å². The van der Waals surface area contributed by atoms with Gasteiger partial charge in [0.2, 0.25) is 14.9 Å². The van der Waals surface area contributed by atoms with Crippen LogP contribution in [-0.2, 0) is 16.6 Å². The lowest BCUT2D eigenvalue weighted by atomic mass is 10.4. The van der Waals surface area contributed by atoms with Gasteiger partial charge in [-0.2, -0.15) is 9.78 Å². The zero-order valence-electron chi connectivity index (χ0n) is 11.2. The Kier molecular flexibility index (Phi) is 3.74. The number of nitro groups is 1. The van der Waals surface area contributed by atoms with E-state index in [4.69, 9.17) is 5.14 Å². The lowest BCUT2D eigenvalue weighted by Crippen LogP contribution is -2.13. The van der Waals surface area contributed by atoms with E-state index in [1.807, 2.05) is 13.8 Å². The molecule has 0 bridgehead atoms. The molecule has 0 aliphatic rings. The number of hydrogen-bond donors (Lipinski definition) is 1. The van der Waals surface area contributed by atoms with E-state index in [1.165, 1.54) is 6.33 Å². The molecular weight excluding hydrogens is 302 g/mol. The van der Waals surface area contributed by atoms with E-state index in [2.05, 4.69) is 15.2 Å². The fourth-order valence-electron chi connectivity index (χ4n) is 1.76. The van der Waals surface area contributed by atoms with Gasteiger partial charge in [0.25, 0.3) is 0 Å². The summed E-state index contributed by atoms with van der Waals surface area (Å²) in [5.74, 6) is -0.323. The van der Waals surface area contributed by atoms with Crippen molar-refractivity contribution in [2.75, 3.05) is 0 Å². The van der Waals surface area contributed by atoms with Crippen LogP contribution in [0.25, 0.3) is 0 Å². The third-order valence-corrected chi connectivity index (χ3v) is 3.53. The average molecular weight is 315 g/mol. The molecule has 2 aromatic heterocycles. The molecule has 21 heavy (non-hydrogen) atoms. The van der Waals surface area contributed by atoms with Crippen molar-refractivity contribution in [3.63, 3.8) is 0 Å². The van der Waals surface area contributed by atoms with E-state index in [0.29, 0.717) is 5.82 Å². The zero-order valence-corrected chi connectivity index (χ0v) is 12.1. The van der Waals surface area contributed by atoms with Gasteiger partial charge in [0, 0.05) is 6.04 Å². The molecule has 0 fully saturated rings. The molecule has 0 saturated carbocycles. The minimum Gasteiger partial charge on any atom is -0.358 e. The Morgan fingerprint density at radius 1 is 1.48 bits per heavy atom. The highest BCUT2D eigenvalue weighted by Gasteiger charge is 2.29. The maximum absolute atomic E-state index is 11.3.